The zero-order chi connectivity index (χ0) is 14.7. The van der Waals surface area contributed by atoms with Crippen molar-refractivity contribution in [3.63, 3.8) is 0 Å². The van der Waals surface area contributed by atoms with E-state index >= 15 is 0 Å². The Balaban J connectivity index is 1.59. The van der Waals surface area contributed by atoms with Crippen molar-refractivity contribution in [2.45, 2.75) is 13.0 Å². The molecule has 4 nitrogen and oxygen atoms in total. The van der Waals surface area contributed by atoms with Gasteiger partial charge in [-0.3, -0.25) is 4.79 Å². The Morgan fingerprint density at radius 1 is 1.29 bits per heavy atom. The maximum atomic E-state index is 13.4. The van der Waals surface area contributed by atoms with Crippen LogP contribution in [0.1, 0.15) is 11.4 Å². The van der Waals surface area contributed by atoms with E-state index < -0.39 is 0 Å². The topological polar surface area (TPSA) is 57.8 Å². The smallest absolute Gasteiger partial charge is 0.268 e. The van der Waals surface area contributed by atoms with Crippen molar-refractivity contribution in [3.8, 4) is 0 Å². The summed E-state index contributed by atoms with van der Waals surface area (Å²) in [4.78, 5) is 18.9. The lowest BCUT2D eigenvalue weighted by atomic mass is 10.1. The summed E-state index contributed by atoms with van der Waals surface area (Å²) >= 11 is 1.38. The van der Waals surface area contributed by atoms with Gasteiger partial charge in [0.1, 0.15) is 16.3 Å². The van der Waals surface area contributed by atoms with Gasteiger partial charge < -0.3 is 10.3 Å². The first-order valence-corrected chi connectivity index (χ1v) is 7.52. The first kappa shape index (κ1) is 13.9. The first-order valence-electron chi connectivity index (χ1n) is 6.64. The molecule has 2 heterocycles. The van der Waals surface area contributed by atoms with Crippen LogP contribution in [0.4, 0.5) is 4.39 Å². The lowest BCUT2D eigenvalue weighted by Crippen LogP contribution is -2.21. The van der Waals surface area contributed by atoms with Crippen LogP contribution in [0.15, 0.2) is 40.5 Å². The average molecular weight is 303 g/mol. The Bertz CT molecular complexity index is 812. The maximum absolute atomic E-state index is 13.4. The molecule has 108 valence electrons. The van der Waals surface area contributed by atoms with Crippen molar-refractivity contribution in [1.82, 2.24) is 15.3 Å². The summed E-state index contributed by atoms with van der Waals surface area (Å²) in [6, 6.07) is 8.56. The molecule has 0 radical (unpaired) electrons. The first-order chi connectivity index (χ1) is 10.2. The number of nitrogens with one attached hydrogen (secondary N) is 2. The zero-order valence-electron chi connectivity index (χ0n) is 11.2. The molecule has 0 unspecified atom stereocenters. The number of rotatable bonds is 5. The summed E-state index contributed by atoms with van der Waals surface area (Å²) in [7, 11) is 0. The molecule has 0 saturated carbocycles. The van der Waals surface area contributed by atoms with E-state index in [1.807, 2.05) is 17.5 Å². The molecule has 0 fully saturated rings. The number of hydrogen-bond donors (Lipinski definition) is 2. The van der Waals surface area contributed by atoms with Crippen LogP contribution in [0.3, 0.4) is 0 Å². The van der Waals surface area contributed by atoms with Crippen LogP contribution in [-0.2, 0) is 13.0 Å². The van der Waals surface area contributed by atoms with Crippen LogP contribution in [0.5, 0.6) is 0 Å². The van der Waals surface area contributed by atoms with E-state index in [2.05, 4.69) is 15.3 Å². The molecule has 21 heavy (non-hydrogen) atoms. The number of aromatic nitrogens is 2. The van der Waals surface area contributed by atoms with Gasteiger partial charge in [-0.15, -0.1) is 11.3 Å². The van der Waals surface area contributed by atoms with Gasteiger partial charge in [0.05, 0.1) is 12.1 Å². The molecule has 3 aromatic rings. The van der Waals surface area contributed by atoms with Gasteiger partial charge in [-0.2, -0.15) is 0 Å². The predicted octanol–water partition coefficient (Wildman–Crippen LogP) is 2.46. The van der Waals surface area contributed by atoms with E-state index in [9.17, 15) is 9.18 Å². The number of hydrogen-bond acceptors (Lipinski definition) is 4. The van der Waals surface area contributed by atoms with Gasteiger partial charge in [-0.1, -0.05) is 18.2 Å². The van der Waals surface area contributed by atoms with Gasteiger partial charge in [0.2, 0.25) is 0 Å². The highest BCUT2D eigenvalue weighted by atomic mass is 32.1. The minimum atomic E-state index is -0.189. The summed E-state index contributed by atoms with van der Waals surface area (Å²) in [5.74, 6) is 0.407. The molecule has 0 aliphatic carbocycles. The van der Waals surface area contributed by atoms with Gasteiger partial charge in [-0.25, -0.2) is 9.37 Å². The second-order valence-corrected chi connectivity index (χ2v) is 5.58. The summed E-state index contributed by atoms with van der Waals surface area (Å²) in [6.45, 7) is 1.07. The average Bonchev–Trinajstić information content (AvgIpc) is 2.94. The van der Waals surface area contributed by atoms with Gasteiger partial charge in [-0.05, 0) is 36.0 Å². The summed E-state index contributed by atoms with van der Waals surface area (Å²) < 4.78 is 14.1. The Morgan fingerprint density at radius 3 is 3.00 bits per heavy atom. The second kappa shape index (κ2) is 6.15. The van der Waals surface area contributed by atoms with Crippen molar-refractivity contribution in [3.05, 3.63) is 63.3 Å². The van der Waals surface area contributed by atoms with Crippen molar-refractivity contribution in [2.75, 3.05) is 6.54 Å². The molecule has 0 aliphatic rings. The molecular weight excluding hydrogens is 289 g/mol. The molecule has 0 saturated heterocycles. The molecule has 0 spiro atoms. The highest BCUT2D eigenvalue weighted by Gasteiger charge is 2.05. The fraction of sp³-hybridized carbons (Fsp3) is 0.200. The lowest BCUT2D eigenvalue weighted by molar-refractivity contribution is 0.594. The number of benzene rings is 1. The minimum absolute atomic E-state index is 0.110. The largest absolute Gasteiger partial charge is 0.310 e. The second-order valence-electron chi connectivity index (χ2n) is 4.67. The number of thiophene rings is 1. The van der Waals surface area contributed by atoms with Gasteiger partial charge in [0.15, 0.2) is 0 Å². The summed E-state index contributed by atoms with van der Waals surface area (Å²) in [5.41, 5.74) is 1.29. The van der Waals surface area contributed by atoms with Gasteiger partial charge in [0, 0.05) is 0 Å². The van der Waals surface area contributed by atoms with E-state index in [1.165, 1.54) is 17.4 Å². The maximum Gasteiger partial charge on any atom is 0.268 e. The lowest BCUT2D eigenvalue weighted by Gasteiger charge is -2.05. The summed E-state index contributed by atoms with van der Waals surface area (Å²) in [6.07, 6.45) is 0.595. The standard InChI is InChI=1S/C15H14FN3OS/c16-11-4-2-1-3-10(11)5-7-17-9-13-18-12-6-8-21-14(12)15(20)19-13/h1-4,6,8,17H,5,7,9H2,(H,18,19,20). The number of nitrogens with zero attached hydrogens (tertiary/aromatic N) is 1. The monoisotopic (exact) mass is 303 g/mol. The molecule has 3 rings (SSSR count). The third-order valence-corrected chi connectivity index (χ3v) is 4.09. The van der Waals surface area contributed by atoms with E-state index in [0.717, 1.165) is 5.52 Å². The molecule has 0 aliphatic heterocycles. The number of aromatic amines is 1. The van der Waals surface area contributed by atoms with E-state index in [4.69, 9.17) is 0 Å². The zero-order valence-corrected chi connectivity index (χ0v) is 12.0. The number of halogens is 1. The van der Waals surface area contributed by atoms with Crippen molar-refractivity contribution in [2.24, 2.45) is 0 Å². The van der Waals surface area contributed by atoms with Gasteiger partial charge >= 0.3 is 0 Å². The molecule has 6 heteroatoms. The van der Waals surface area contributed by atoms with Crippen LogP contribution in [0, 0.1) is 5.82 Å². The van der Waals surface area contributed by atoms with Crippen LogP contribution in [0.2, 0.25) is 0 Å². The molecule has 1 aromatic carbocycles. The van der Waals surface area contributed by atoms with Crippen molar-refractivity contribution < 1.29 is 4.39 Å². The van der Waals surface area contributed by atoms with Gasteiger partial charge in [0.25, 0.3) is 5.56 Å². The Morgan fingerprint density at radius 2 is 2.14 bits per heavy atom. The predicted molar refractivity (Wildman–Crippen MR) is 82.1 cm³/mol. The third-order valence-electron chi connectivity index (χ3n) is 3.19. The fourth-order valence-corrected chi connectivity index (χ4v) is 2.86. The molecule has 0 bridgehead atoms. The van der Waals surface area contributed by atoms with E-state index in [-0.39, 0.29) is 11.4 Å². The number of fused-ring (bicyclic) bond motifs is 1. The van der Waals surface area contributed by atoms with Crippen molar-refractivity contribution in [1.29, 1.82) is 0 Å². The highest BCUT2D eigenvalue weighted by molar-refractivity contribution is 7.17. The molecular formula is C15H14FN3OS. The van der Waals surface area contributed by atoms with Crippen molar-refractivity contribution >= 4 is 21.6 Å². The molecule has 0 amide bonds. The molecule has 0 atom stereocenters. The summed E-state index contributed by atoms with van der Waals surface area (Å²) in [5, 5.41) is 5.02. The molecule has 2 N–H and O–H groups in total. The Labute approximate surface area is 124 Å². The molecule has 2 aromatic heterocycles. The highest BCUT2D eigenvalue weighted by Crippen LogP contribution is 2.13. The Hall–Kier alpha value is -2.05. The minimum Gasteiger partial charge on any atom is -0.310 e. The van der Waals surface area contributed by atoms with Crippen LogP contribution in [0.25, 0.3) is 10.2 Å². The van der Waals surface area contributed by atoms with Crippen LogP contribution < -0.4 is 10.9 Å². The number of H-pyrrole nitrogens is 1. The fourth-order valence-electron chi connectivity index (χ4n) is 2.14. The quantitative estimate of drug-likeness (QED) is 0.712. The Kier molecular flexibility index (Phi) is 4.08. The van der Waals surface area contributed by atoms with E-state index in [0.29, 0.717) is 35.6 Å². The normalized spacial score (nSPS) is 11.1. The van der Waals surface area contributed by atoms with Crippen LogP contribution >= 0.6 is 11.3 Å². The SMILES string of the molecule is O=c1[nH]c(CNCCc2ccccc2F)nc2ccsc12. The van der Waals surface area contributed by atoms with Crippen LogP contribution in [-0.4, -0.2) is 16.5 Å². The third kappa shape index (κ3) is 3.17. The van der Waals surface area contributed by atoms with E-state index in [1.54, 1.807) is 12.1 Å².